The van der Waals surface area contributed by atoms with Crippen LogP contribution >= 0.6 is 0 Å². The first-order chi connectivity index (χ1) is 15.0. The molecule has 5 heteroatoms. The SMILES string of the molecule is C[C@H](c1ccccc1)N(Cc1cc(NC(=O)CC(C)(C)C)ccc1N(C)C)C(=O)C1CC1. The maximum atomic E-state index is 13.3. The predicted molar refractivity (Wildman–Crippen MR) is 132 cm³/mol. The zero-order valence-corrected chi connectivity index (χ0v) is 20.3. The van der Waals surface area contributed by atoms with Gasteiger partial charge in [0.05, 0.1) is 6.04 Å². The van der Waals surface area contributed by atoms with Crippen LogP contribution in [0, 0.1) is 11.3 Å². The van der Waals surface area contributed by atoms with Crippen LogP contribution in [0.4, 0.5) is 11.4 Å². The monoisotopic (exact) mass is 435 g/mol. The Labute approximate surface area is 192 Å². The van der Waals surface area contributed by atoms with Gasteiger partial charge in [0, 0.05) is 44.4 Å². The van der Waals surface area contributed by atoms with Crippen molar-refractivity contribution in [2.45, 2.75) is 59.5 Å². The van der Waals surface area contributed by atoms with Crippen molar-refractivity contribution in [2.24, 2.45) is 11.3 Å². The number of carbonyl (C=O) groups excluding carboxylic acids is 2. The molecule has 0 heterocycles. The summed E-state index contributed by atoms with van der Waals surface area (Å²) >= 11 is 0. The maximum absolute atomic E-state index is 13.3. The molecule has 0 unspecified atom stereocenters. The van der Waals surface area contributed by atoms with Gasteiger partial charge in [-0.25, -0.2) is 0 Å². The van der Waals surface area contributed by atoms with E-state index in [-0.39, 0.29) is 29.2 Å². The molecule has 0 spiro atoms. The lowest BCUT2D eigenvalue weighted by molar-refractivity contribution is -0.135. The summed E-state index contributed by atoms with van der Waals surface area (Å²) in [5, 5.41) is 3.04. The zero-order valence-electron chi connectivity index (χ0n) is 20.3. The number of anilines is 2. The minimum absolute atomic E-state index is 0.00428. The van der Waals surface area contributed by atoms with Gasteiger partial charge in [-0.05, 0) is 54.5 Å². The fourth-order valence-corrected chi connectivity index (χ4v) is 3.98. The van der Waals surface area contributed by atoms with E-state index in [1.807, 2.05) is 55.4 Å². The first-order valence-corrected chi connectivity index (χ1v) is 11.5. The van der Waals surface area contributed by atoms with Crippen LogP contribution in [0.15, 0.2) is 48.5 Å². The van der Waals surface area contributed by atoms with Gasteiger partial charge in [0.1, 0.15) is 0 Å². The Kier molecular flexibility index (Phi) is 7.27. The van der Waals surface area contributed by atoms with Crippen LogP contribution < -0.4 is 10.2 Å². The highest BCUT2D eigenvalue weighted by Crippen LogP contribution is 2.36. The number of nitrogens with one attached hydrogen (secondary N) is 1. The maximum Gasteiger partial charge on any atom is 0.226 e. The van der Waals surface area contributed by atoms with Gasteiger partial charge in [-0.3, -0.25) is 9.59 Å². The van der Waals surface area contributed by atoms with E-state index in [4.69, 9.17) is 0 Å². The van der Waals surface area contributed by atoms with Crippen molar-refractivity contribution in [3.05, 3.63) is 59.7 Å². The van der Waals surface area contributed by atoms with Gasteiger partial charge >= 0.3 is 0 Å². The van der Waals surface area contributed by atoms with Crippen molar-refractivity contribution in [1.29, 1.82) is 0 Å². The van der Waals surface area contributed by atoms with Gasteiger partial charge in [0.2, 0.25) is 11.8 Å². The van der Waals surface area contributed by atoms with E-state index in [1.165, 1.54) is 0 Å². The fourth-order valence-electron chi connectivity index (χ4n) is 3.98. The van der Waals surface area contributed by atoms with Crippen molar-refractivity contribution in [3.63, 3.8) is 0 Å². The minimum atomic E-state index is -0.0743. The molecule has 2 amide bonds. The molecule has 1 fully saturated rings. The molecule has 0 aliphatic heterocycles. The third kappa shape index (κ3) is 6.35. The lowest BCUT2D eigenvalue weighted by atomic mass is 9.92. The summed E-state index contributed by atoms with van der Waals surface area (Å²) in [5.41, 5.74) is 3.90. The number of amides is 2. The highest BCUT2D eigenvalue weighted by Gasteiger charge is 2.36. The number of hydrogen-bond acceptors (Lipinski definition) is 3. The van der Waals surface area contributed by atoms with Crippen molar-refractivity contribution >= 4 is 23.2 Å². The summed E-state index contributed by atoms with van der Waals surface area (Å²) in [6.07, 6.45) is 2.40. The quantitative estimate of drug-likeness (QED) is 0.585. The second kappa shape index (κ2) is 9.76. The average molecular weight is 436 g/mol. The molecule has 1 N–H and O–H groups in total. The van der Waals surface area contributed by atoms with Gasteiger partial charge in [-0.15, -0.1) is 0 Å². The Morgan fingerprint density at radius 1 is 1.06 bits per heavy atom. The van der Waals surface area contributed by atoms with Gasteiger partial charge < -0.3 is 15.1 Å². The molecule has 1 aliphatic carbocycles. The van der Waals surface area contributed by atoms with Crippen LogP contribution in [0.5, 0.6) is 0 Å². The number of carbonyl (C=O) groups is 2. The first-order valence-electron chi connectivity index (χ1n) is 11.5. The summed E-state index contributed by atoms with van der Waals surface area (Å²) in [6.45, 7) is 8.76. The molecular formula is C27H37N3O2. The molecule has 0 bridgehead atoms. The molecular weight excluding hydrogens is 398 g/mol. The van der Waals surface area contributed by atoms with Crippen molar-refractivity contribution in [1.82, 2.24) is 4.90 Å². The molecule has 2 aromatic carbocycles. The Hall–Kier alpha value is -2.82. The minimum Gasteiger partial charge on any atom is -0.377 e. The molecule has 0 radical (unpaired) electrons. The third-order valence-electron chi connectivity index (χ3n) is 5.84. The number of benzene rings is 2. The van der Waals surface area contributed by atoms with Gasteiger partial charge in [-0.1, -0.05) is 51.1 Å². The van der Waals surface area contributed by atoms with E-state index in [9.17, 15) is 9.59 Å². The molecule has 32 heavy (non-hydrogen) atoms. The van der Waals surface area contributed by atoms with Gasteiger partial charge in [-0.2, -0.15) is 0 Å². The molecule has 3 rings (SSSR count). The van der Waals surface area contributed by atoms with E-state index in [0.717, 1.165) is 35.3 Å². The third-order valence-corrected chi connectivity index (χ3v) is 5.84. The lowest BCUT2D eigenvalue weighted by Gasteiger charge is -2.32. The van der Waals surface area contributed by atoms with E-state index < -0.39 is 0 Å². The number of hydrogen-bond donors (Lipinski definition) is 1. The normalized spacial score (nSPS) is 14.6. The molecule has 1 atom stereocenters. The Morgan fingerprint density at radius 3 is 2.28 bits per heavy atom. The van der Waals surface area contributed by atoms with Crippen LogP contribution in [0.2, 0.25) is 0 Å². The smallest absolute Gasteiger partial charge is 0.226 e. The van der Waals surface area contributed by atoms with Crippen LogP contribution in [-0.2, 0) is 16.1 Å². The molecule has 5 nitrogen and oxygen atoms in total. The Balaban J connectivity index is 1.89. The largest absolute Gasteiger partial charge is 0.377 e. The molecule has 0 aromatic heterocycles. The molecule has 172 valence electrons. The lowest BCUT2D eigenvalue weighted by Crippen LogP contribution is -2.34. The van der Waals surface area contributed by atoms with E-state index in [2.05, 4.69) is 50.0 Å². The highest BCUT2D eigenvalue weighted by molar-refractivity contribution is 5.91. The highest BCUT2D eigenvalue weighted by atomic mass is 16.2. The average Bonchev–Trinajstić information content (AvgIpc) is 3.55. The zero-order chi connectivity index (χ0) is 23.5. The van der Waals surface area contributed by atoms with Gasteiger partial charge in [0.25, 0.3) is 0 Å². The predicted octanol–water partition coefficient (Wildman–Crippen LogP) is 5.63. The summed E-state index contributed by atoms with van der Waals surface area (Å²) in [5.74, 6) is 0.358. The van der Waals surface area contributed by atoms with Crippen molar-refractivity contribution in [3.8, 4) is 0 Å². The summed E-state index contributed by atoms with van der Waals surface area (Å²) in [6, 6.07) is 16.1. The molecule has 1 saturated carbocycles. The van der Waals surface area contributed by atoms with E-state index >= 15 is 0 Å². The number of rotatable bonds is 8. The second-order valence-electron chi connectivity index (χ2n) is 10.4. The van der Waals surface area contributed by atoms with Crippen molar-refractivity contribution in [2.75, 3.05) is 24.3 Å². The Morgan fingerprint density at radius 2 is 1.72 bits per heavy atom. The fraction of sp³-hybridized carbons (Fsp3) is 0.481. The first kappa shape index (κ1) is 23.8. The standard InChI is InChI=1S/C27H37N3O2/c1-19(20-10-8-7-9-11-20)30(26(32)21-12-13-21)18-22-16-23(14-15-24(22)29(5)6)28-25(31)17-27(2,3)4/h7-11,14-16,19,21H,12-13,17-18H2,1-6H3,(H,28,31)/t19-/m1/s1. The molecule has 1 aliphatic rings. The molecule has 2 aromatic rings. The van der Waals surface area contributed by atoms with Gasteiger partial charge in [0.15, 0.2) is 0 Å². The summed E-state index contributed by atoms with van der Waals surface area (Å²) in [7, 11) is 4.01. The molecule has 0 saturated heterocycles. The Bertz CT molecular complexity index is 943. The van der Waals surface area contributed by atoms with Crippen LogP contribution in [0.25, 0.3) is 0 Å². The summed E-state index contributed by atoms with van der Waals surface area (Å²) in [4.78, 5) is 29.8. The number of nitrogens with zero attached hydrogens (tertiary/aromatic N) is 2. The summed E-state index contributed by atoms with van der Waals surface area (Å²) < 4.78 is 0. The van der Waals surface area contributed by atoms with Crippen LogP contribution in [-0.4, -0.2) is 30.8 Å². The van der Waals surface area contributed by atoms with Crippen LogP contribution in [0.1, 0.15) is 64.1 Å². The second-order valence-corrected chi connectivity index (χ2v) is 10.4. The topological polar surface area (TPSA) is 52.7 Å². The van der Waals surface area contributed by atoms with Crippen molar-refractivity contribution < 1.29 is 9.59 Å². The van der Waals surface area contributed by atoms with E-state index in [0.29, 0.717) is 13.0 Å². The van der Waals surface area contributed by atoms with E-state index in [1.54, 1.807) is 0 Å². The van der Waals surface area contributed by atoms with Crippen LogP contribution in [0.3, 0.4) is 0 Å².